The van der Waals surface area contributed by atoms with Gasteiger partial charge in [-0.15, -0.1) is 5.10 Å². The first-order valence-corrected chi connectivity index (χ1v) is 13.2. The van der Waals surface area contributed by atoms with Crippen LogP contribution in [0.15, 0.2) is 44.3 Å². The lowest BCUT2D eigenvalue weighted by atomic mass is 10.0. The summed E-state index contributed by atoms with van der Waals surface area (Å²) in [5, 5.41) is 18.4. The van der Waals surface area contributed by atoms with Gasteiger partial charge >= 0.3 is 5.69 Å². The fourth-order valence-corrected chi connectivity index (χ4v) is 4.23. The Balaban J connectivity index is 0.00000269. The highest BCUT2D eigenvalue weighted by molar-refractivity contribution is 8.03. The van der Waals surface area contributed by atoms with E-state index in [9.17, 15) is 28.5 Å². The second kappa shape index (κ2) is 18.2. The maximum atomic E-state index is 12.8. The minimum atomic E-state index is -1.75. The molecule has 1 aromatic heterocycles. The van der Waals surface area contributed by atoms with Crippen molar-refractivity contribution in [3.63, 3.8) is 0 Å². The molecule has 0 fully saturated rings. The van der Waals surface area contributed by atoms with Crippen molar-refractivity contribution in [3.05, 3.63) is 65.6 Å². The summed E-state index contributed by atoms with van der Waals surface area (Å²) in [5.41, 5.74) is 6.88. The van der Waals surface area contributed by atoms with Crippen molar-refractivity contribution in [2.24, 2.45) is 5.73 Å². The Morgan fingerprint density at radius 3 is 2.38 bits per heavy atom. The summed E-state index contributed by atoms with van der Waals surface area (Å²) in [4.78, 5) is 35.4. The van der Waals surface area contributed by atoms with Crippen LogP contribution in [0.5, 0.6) is 5.75 Å². The summed E-state index contributed by atoms with van der Waals surface area (Å²) in [7, 11) is 0. The number of ether oxygens (including phenoxy) is 1. The third-order valence-corrected chi connectivity index (χ3v) is 6.58. The maximum Gasteiger partial charge on any atom is 0.348 e. The molecule has 0 spiro atoms. The van der Waals surface area contributed by atoms with Crippen LogP contribution in [0.1, 0.15) is 72.8 Å². The highest BCUT2D eigenvalue weighted by atomic mass is 35.5. The summed E-state index contributed by atoms with van der Waals surface area (Å²) in [5.74, 6) is -0.453. The molecule has 1 amide bonds. The number of nitrogens with zero attached hydrogens (tertiary/aromatic N) is 3. The van der Waals surface area contributed by atoms with E-state index in [0.29, 0.717) is 29.0 Å². The van der Waals surface area contributed by atoms with Gasteiger partial charge < -0.3 is 10.5 Å². The standard InChI is InChI=1S/C22H28ClN5O5S.C2H6.CH2F2/c1-6-13(4)7-8-19(14(5)28(31)32)34-22-26-25-21(30)27(22)17-10-16(23)18(33-11-20(24)29)9-15(17)12(2)3;1-2;2-1-3/h6,9-10,12H,7-8,11H2,1-5H3,(H2,24,29)(H,25,30);1-2H3;1H2/b13-6-,19-14-;;. The SMILES string of the molecule is C/C=C(/C)CC/C(Sc1n[nH]c(=O)n1-c1cc(Cl)c(OCC(N)=O)cc1C(C)C)=C(\C)[N+](=O)[O-].CC.FCF. The summed E-state index contributed by atoms with van der Waals surface area (Å²) >= 11 is 7.43. The number of nitro groups is 1. The second-order valence-corrected chi connectivity index (χ2v) is 9.47. The van der Waals surface area contributed by atoms with Crippen molar-refractivity contribution in [1.29, 1.82) is 0 Å². The third kappa shape index (κ3) is 11.2. The molecule has 0 saturated heterocycles. The smallest absolute Gasteiger partial charge is 0.348 e. The molecule has 10 nitrogen and oxygen atoms in total. The van der Waals surface area contributed by atoms with Gasteiger partial charge in [-0.1, -0.05) is 50.9 Å². The Hall–Kier alpha value is -3.19. The van der Waals surface area contributed by atoms with Gasteiger partial charge in [0.2, 0.25) is 12.1 Å². The molecule has 2 aromatic rings. The molecule has 2 rings (SSSR count). The first-order chi connectivity index (χ1) is 18.4. The minimum absolute atomic E-state index is 0.00628. The van der Waals surface area contributed by atoms with Gasteiger partial charge in [-0.25, -0.2) is 23.2 Å². The minimum Gasteiger partial charge on any atom is -0.482 e. The van der Waals surface area contributed by atoms with Gasteiger partial charge in [0.25, 0.3) is 11.6 Å². The number of hydrogen-bond acceptors (Lipinski definition) is 7. The molecule has 0 radical (unpaired) electrons. The quantitative estimate of drug-likeness (QED) is 0.132. The normalized spacial score (nSPS) is 11.6. The molecule has 0 aliphatic rings. The highest BCUT2D eigenvalue weighted by Gasteiger charge is 2.23. The number of benzene rings is 1. The predicted octanol–water partition coefficient (Wildman–Crippen LogP) is 6.46. The van der Waals surface area contributed by atoms with E-state index in [1.165, 1.54) is 11.5 Å². The Morgan fingerprint density at radius 1 is 1.31 bits per heavy atom. The number of hydrogen-bond donors (Lipinski definition) is 2. The fourth-order valence-electron chi connectivity index (χ4n) is 3.01. The van der Waals surface area contributed by atoms with Crippen LogP contribution in [0, 0.1) is 10.1 Å². The number of H-pyrrole nitrogens is 1. The monoisotopic (exact) mass is 591 g/mol. The van der Waals surface area contributed by atoms with Gasteiger partial charge in [-0.3, -0.25) is 14.9 Å². The van der Waals surface area contributed by atoms with E-state index in [1.54, 1.807) is 12.1 Å². The van der Waals surface area contributed by atoms with Gasteiger partial charge in [0, 0.05) is 6.92 Å². The molecule has 0 atom stereocenters. The number of carbonyl (C=O) groups excluding carboxylic acids is 1. The molecule has 1 heterocycles. The first kappa shape index (κ1) is 35.8. The largest absolute Gasteiger partial charge is 0.482 e. The van der Waals surface area contributed by atoms with Crippen LogP contribution >= 0.6 is 23.4 Å². The molecule has 1 aromatic carbocycles. The molecular weight excluding hydrogens is 556 g/mol. The highest BCUT2D eigenvalue weighted by Crippen LogP contribution is 2.37. The van der Waals surface area contributed by atoms with Gasteiger partial charge in [-0.2, -0.15) is 0 Å². The average molecular weight is 592 g/mol. The van der Waals surface area contributed by atoms with E-state index in [0.717, 1.165) is 17.3 Å². The molecule has 14 heteroatoms. The van der Waals surface area contributed by atoms with Gasteiger partial charge in [-0.05, 0) is 62.1 Å². The predicted molar refractivity (Wildman–Crippen MR) is 151 cm³/mol. The van der Waals surface area contributed by atoms with Crippen LogP contribution in [-0.2, 0) is 4.79 Å². The van der Waals surface area contributed by atoms with Crippen LogP contribution in [-0.4, -0.2) is 39.1 Å². The zero-order valence-electron chi connectivity index (χ0n) is 23.1. The number of amides is 1. The number of nitrogens with one attached hydrogen (secondary N) is 1. The topological polar surface area (TPSA) is 146 Å². The molecule has 0 aliphatic carbocycles. The Labute approximate surface area is 235 Å². The van der Waals surface area contributed by atoms with Crippen molar-refractivity contribution < 1.29 is 23.2 Å². The first-order valence-electron chi connectivity index (χ1n) is 12.1. The number of thioether (sulfide) groups is 1. The van der Waals surface area contributed by atoms with Gasteiger partial charge in [0.05, 0.1) is 20.5 Å². The Kier molecular flexibility index (Phi) is 16.7. The molecule has 0 aliphatic heterocycles. The number of rotatable bonds is 11. The van der Waals surface area contributed by atoms with E-state index in [1.807, 2.05) is 47.6 Å². The van der Waals surface area contributed by atoms with Gasteiger partial charge in [0.1, 0.15) is 5.75 Å². The molecule has 0 saturated carbocycles. The number of alkyl halides is 2. The third-order valence-electron chi connectivity index (χ3n) is 5.09. The molecule has 0 unspecified atom stereocenters. The summed E-state index contributed by atoms with van der Waals surface area (Å²) in [6.45, 7) is 11.0. The van der Waals surface area contributed by atoms with Gasteiger partial charge in [0.15, 0.2) is 6.61 Å². The molecule has 3 N–H and O–H groups in total. The van der Waals surface area contributed by atoms with Crippen LogP contribution in [0.2, 0.25) is 5.02 Å². The second-order valence-electron chi connectivity index (χ2n) is 8.00. The van der Waals surface area contributed by atoms with E-state index in [2.05, 4.69) is 10.2 Å². The number of aromatic nitrogens is 3. The average Bonchev–Trinajstić information content (AvgIpc) is 3.25. The molecule has 39 heavy (non-hydrogen) atoms. The molecule has 218 valence electrons. The van der Waals surface area contributed by atoms with Crippen LogP contribution in [0.4, 0.5) is 8.78 Å². The lowest BCUT2D eigenvalue weighted by Crippen LogP contribution is -2.21. The summed E-state index contributed by atoms with van der Waals surface area (Å²) in [6.07, 6.45) is 3.01. The zero-order chi connectivity index (χ0) is 30.3. The Bertz CT molecular complexity index is 1230. The number of allylic oxidation sites excluding steroid dienone is 4. The van der Waals surface area contributed by atoms with Crippen LogP contribution < -0.4 is 16.2 Å². The number of aromatic amines is 1. The van der Waals surface area contributed by atoms with E-state index in [4.69, 9.17) is 22.1 Å². The number of carbonyl (C=O) groups is 1. The van der Waals surface area contributed by atoms with Crippen molar-refractivity contribution in [2.45, 2.75) is 72.4 Å². The van der Waals surface area contributed by atoms with Crippen molar-refractivity contribution >= 4 is 29.3 Å². The Morgan fingerprint density at radius 2 is 1.90 bits per heavy atom. The maximum absolute atomic E-state index is 12.8. The van der Waals surface area contributed by atoms with Crippen LogP contribution in [0.3, 0.4) is 0 Å². The lowest BCUT2D eigenvalue weighted by molar-refractivity contribution is -0.425. The van der Waals surface area contributed by atoms with E-state index < -0.39 is 23.4 Å². The molecular formula is C25H36ClF2N5O5S. The van der Waals surface area contributed by atoms with Crippen LogP contribution in [0.25, 0.3) is 5.69 Å². The lowest BCUT2D eigenvalue weighted by Gasteiger charge is -2.17. The zero-order valence-corrected chi connectivity index (χ0v) is 24.7. The summed E-state index contributed by atoms with van der Waals surface area (Å²) < 4.78 is 26.0. The van der Waals surface area contributed by atoms with E-state index >= 15 is 0 Å². The van der Waals surface area contributed by atoms with E-state index in [-0.39, 0.29) is 34.2 Å². The number of primary amides is 1. The number of halogens is 3. The molecule has 0 bridgehead atoms. The van der Waals surface area contributed by atoms with Crippen molar-refractivity contribution in [2.75, 3.05) is 13.5 Å². The number of nitrogens with two attached hydrogens (primary N) is 1. The van der Waals surface area contributed by atoms with Crippen molar-refractivity contribution in [3.8, 4) is 11.4 Å². The fraction of sp³-hybridized carbons (Fsp3) is 0.480. The van der Waals surface area contributed by atoms with Crippen molar-refractivity contribution in [1.82, 2.24) is 14.8 Å². The summed E-state index contributed by atoms with van der Waals surface area (Å²) in [6, 6.07) is 3.19.